The normalized spacial score (nSPS) is 16.3. The average molecular weight is 378 g/mol. The standard InChI is InChI=1S/C18H19FN2O2S2/c1-10-4-5-12-9-13(19)6-7-15(12)21(10)18(24)20-16-14(17(22)23-3)8-11(2)25-16/h6-10H,4-5H2,1-3H3,(H,20,24). The number of aryl methyl sites for hydroxylation is 2. The van der Waals surface area contributed by atoms with Gasteiger partial charge in [0, 0.05) is 16.6 Å². The number of anilines is 2. The predicted octanol–water partition coefficient (Wildman–Crippen LogP) is 4.52. The van der Waals surface area contributed by atoms with E-state index in [1.807, 2.05) is 11.8 Å². The van der Waals surface area contributed by atoms with Crippen LogP contribution >= 0.6 is 23.6 Å². The van der Waals surface area contributed by atoms with Gasteiger partial charge in [-0.05, 0) is 68.7 Å². The first kappa shape index (κ1) is 17.8. The minimum absolute atomic E-state index is 0.181. The molecular formula is C18H19FN2O2S2. The second-order valence-electron chi connectivity index (χ2n) is 6.05. The van der Waals surface area contributed by atoms with Gasteiger partial charge in [-0.25, -0.2) is 9.18 Å². The summed E-state index contributed by atoms with van der Waals surface area (Å²) in [6.07, 6.45) is 1.70. The Balaban J connectivity index is 1.91. The number of hydrogen-bond donors (Lipinski definition) is 1. The number of methoxy groups -OCH3 is 1. The highest BCUT2D eigenvalue weighted by Crippen LogP contribution is 2.34. The molecule has 0 fully saturated rings. The number of thiophene rings is 1. The quantitative estimate of drug-likeness (QED) is 0.615. The van der Waals surface area contributed by atoms with Gasteiger partial charge in [0.05, 0.1) is 12.7 Å². The maximum absolute atomic E-state index is 13.5. The van der Waals surface area contributed by atoms with Crippen molar-refractivity contribution >= 4 is 45.3 Å². The molecule has 0 amide bonds. The lowest BCUT2D eigenvalue weighted by Crippen LogP contribution is -2.44. The number of halogens is 1. The van der Waals surface area contributed by atoms with Crippen molar-refractivity contribution in [2.75, 3.05) is 17.3 Å². The van der Waals surface area contributed by atoms with Crippen LogP contribution in [0.4, 0.5) is 15.1 Å². The number of carbonyl (C=O) groups is 1. The summed E-state index contributed by atoms with van der Waals surface area (Å²) in [5, 5.41) is 4.34. The predicted molar refractivity (Wildman–Crippen MR) is 103 cm³/mol. The largest absolute Gasteiger partial charge is 0.465 e. The van der Waals surface area contributed by atoms with Crippen molar-refractivity contribution in [1.82, 2.24) is 0 Å². The van der Waals surface area contributed by atoms with Crippen molar-refractivity contribution in [2.45, 2.75) is 32.7 Å². The highest BCUT2D eigenvalue weighted by molar-refractivity contribution is 7.80. The summed E-state index contributed by atoms with van der Waals surface area (Å²) < 4.78 is 18.4. The number of nitrogens with one attached hydrogen (secondary N) is 1. The maximum Gasteiger partial charge on any atom is 0.340 e. The molecule has 1 aromatic carbocycles. The molecule has 2 aromatic rings. The Morgan fingerprint density at radius 1 is 1.44 bits per heavy atom. The Hall–Kier alpha value is -1.99. The molecule has 0 spiro atoms. The van der Waals surface area contributed by atoms with Crippen LogP contribution in [0.1, 0.15) is 34.1 Å². The van der Waals surface area contributed by atoms with Crippen molar-refractivity contribution in [3.63, 3.8) is 0 Å². The third kappa shape index (κ3) is 3.52. The van der Waals surface area contributed by atoms with Gasteiger partial charge in [0.1, 0.15) is 10.8 Å². The lowest BCUT2D eigenvalue weighted by Gasteiger charge is -2.37. The Morgan fingerprint density at radius 2 is 2.20 bits per heavy atom. The summed E-state index contributed by atoms with van der Waals surface area (Å²) in [5.41, 5.74) is 2.32. The van der Waals surface area contributed by atoms with Crippen LogP contribution in [-0.4, -0.2) is 24.2 Å². The number of carbonyl (C=O) groups excluding carboxylic acids is 1. The first-order valence-corrected chi connectivity index (χ1v) is 9.20. The monoisotopic (exact) mass is 378 g/mol. The first-order valence-electron chi connectivity index (χ1n) is 7.98. The molecule has 0 aliphatic carbocycles. The van der Waals surface area contributed by atoms with Crippen molar-refractivity contribution in [3.05, 3.63) is 46.1 Å². The average Bonchev–Trinajstić information content (AvgIpc) is 2.94. The van der Waals surface area contributed by atoms with Crippen molar-refractivity contribution < 1.29 is 13.9 Å². The molecule has 132 valence electrons. The van der Waals surface area contributed by atoms with Gasteiger partial charge < -0.3 is 15.0 Å². The van der Waals surface area contributed by atoms with Crippen LogP contribution in [0.5, 0.6) is 0 Å². The van der Waals surface area contributed by atoms with Crippen LogP contribution < -0.4 is 10.2 Å². The molecule has 7 heteroatoms. The molecule has 2 heterocycles. The molecule has 25 heavy (non-hydrogen) atoms. The molecule has 1 unspecified atom stereocenters. The van der Waals surface area contributed by atoms with E-state index in [-0.39, 0.29) is 11.9 Å². The van der Waals surface area contributed by atoms with Gasteiger partial charge in [0.25, 0.3) is 0 Å². The van der Waals surface area contributed by atoms with E-state index in [9.17, 15) is 9.18 Å². The molecule has 1 atom stereocenters. The summed E-state index contributed by atoms with van der Waals surface area (Å²) in [5.74, 6) is -0.641. The van der Waals surface area contributed by atoms with Gasteiger partial charge >= 0.3 is 5.97 Å². The molecule has 1 aliphatic rings. The maximum atomic E-state index is 13.5. The highest BCUT2D eigenvalue weighted by atomic mass is 32.1. The zero-order valence-electron chi connectivity index (χ0n) is 14.3. The molecule has 0 bridgehead atoms. The number of ether oxygens (including phenoxy) is 1. The lowest BCUT2D eigenvalue weighted by molar-refractivity contribution is 0.0602. The molecule has 1 N–H and O–H groups in total. The minimum atomic E-state index is -0.399. The summed E-state index contributed by atoms with van der Waals surface area (Å²) in [7, 11) is 1.36. The van der Waals surface area contributed by atoms with E-state index < -0.39 is 5.97 Å². The van der Waals surface area contributed by atoms with E-state index in [1.165, 1.54) is 24.5 Å². The SMILES string of the molecule is COC(=O)c1cc(C)sc1NC(=S)N1c2ccc(F)cc2CCC1C. The van der Waals surface area contributed by atoms with Crippen LogP contribution in [0.3, 0.4) is 0 Å². The van der Waals surface area contributed by atoms with Gasteiger partial charge in [-0.15, -0.1) is 11.3 Å². The molecule has 3 rings (SSSR count). The van der Waals surface area contributed by atoms with Crippen LogP contribution in [0.25, 0.3) is 0 Å². The van der Waals surface area contributed by atoms with Crippen LogP contribution in [-0.2, 0) is 11.2 Å². The van der Waals surface area contributed by atoms with E-state index in [1.54, 1.807) is 18.2 Å². The first-order chi connectivity index (χ1) is 11.9. The molecule has 0 saturated carbocycles. The van der Waals surface area contributed by atoms with E-state index >= 15 is 0 Å². The summed E-state index contributed by atoms with van der Waals surface area (Å²) >= 11 is 7.06. The highest BCUT2D eigenvalue weighted by Gasteiger charge is 2.27. The van der Waals surface area contributed by atoms with Gasteiger partial charge in [-0.3, -0.25) is 0 Å². The van der Waals surface area contributed by atoms with Crippen LogP contribution in [0.15, 0.2) is 24.3 Å². The fourth-order valence-corrected chi connectivity index (χ4v) is 4.40. The fourth-order valence-electron chi connectivity index (χ4n) is 3.06. The Labute approximate surface area is 155 Å². The minimum Gasteiger partial charge on any atom is -0.465 e. The molecule has 0 saturated heterocycles. The number of thiocarbonyl (C=S) groups is 1. The van der Waals surface area contributed by atoms with E-state index in [2.05, 4.69) is 12.2 Å². The van der Waals surface area contributed by atoms with E-state index in [4.69, 9.17) is 17.0 Å². The second kappa shape index (κ2) is 7.09. The van der Waals surface area contributed by atoms with Gasteiger partial charge in [-0.2, -0.15) is 0 Å². The van der Waals surface area contributed by atoms with E-state index in [0.717, 1.165) is 29.0 Å². The van der Waals surface area contributed by atoms with Crippen LogP contribution in [0.2, 0.25) is 0 Å². The van der Waals surface area contributed by atoms with Crippen molar-refractivity contribution in [1.29, 1.82) is 0 Å². The Kier molecular flexibility index (Phi) is 5.06. The third-order valence-electron chi connectivity index (χ3n) is 4.27. The second-order valence-corrected chi connectivity index (χ2v) is 7.70. The molecular weight excluding hydrogens is 359 g/mol. The smallest absolute Gasteiger partial charge is 0.340 e. The number of esters is 1. The molecule has 0 radical (unpaired) electrons. The molecule has 4 nitrogen and oxygen atoms in total. The fraction of sp³-hybridized carbons (Fsp3) is 0.333. The van der Waals surface area contributed by atoms with Crippen molar-refractivity contribution in [2.24, 2.45) is 0 Å². The summed E-state index contributed by atoms with van der Waals surface area (Å²) in [6.45, 7) is 4.01. The number of rotatable bonds is 2. The third-order valence-corrected chi connectivity index (χ3v) is 5.54. The molecule has 1 aliphatic heterocycles. The van der Waals surface area contributed by atoms with Gasteiger partial charge in [-0.1, -0.05) is 0 Å². The van der Waals surface area contributed by atoms with Gasteiger partial charge in [0.2, 0.25) is 0 Å². The topological polar surface area (TPSA) is 41.6 Å². The zero-order valence-corrected chi connectivity index (χ0v) is 15.9. The Morgan fingerprint density at radius 3 is 2.92 bits per heavy atom. The number of benzene rings is 1. The van der Waals surface area contributed by atoms with Gasteiger partial charge in [0.15, 0.2) is 5.11 Å². The lowest BCUT2D eigenvalue weighted by atomic mass is 9.97. The Bertz CT molecular complexity index is 834. The number of fused-ring (bicyclic) bond motifs is 1. The summed E-state index contributed by atoms with van der Waals surface area (Å²) in [4.78, 5) is 14.9. The molecule has 1 aromatic heterocycles. The van der Waals surface area contributed by atoms with E-state index in [0.29, 0.717) is 15.7 Å². The van der Waals surface area contributed by atoms with Crippen LogP contribution in [0, 0.1) is 12.7 Å². The zero-order chi connectivity index (χ0) is 18.1. The summed E-state index contributed by atoms with van der Waals surface area (Å²) in [6, 6.07) is 6.73. The van der Waals surface area contributed by atoms with Crippen molar-refractivity contribution in [3.8, 4) is 0 Å². The number of nitrogens with zero attached hydrogens (tertiary/aromatic N) is 1. The number of hydrogen-bond acceptors (Lipinski definition) is 4.